The Morgan fingerprint density at radius 3 is 2.63 bits per heavy atom. The SMILES string of the molecule is CCC1CC(c2cccnc2)C(O)c2ccccc21. The minimum atomic E-state index is -0.414. The Balaban J connectivity index is 2.03. The molecule has 3 atom stereocenters. The number of aliphatic hydroxyl groups excluding tert-OH is 1. The molecule has 0 aliphatic heterocycles. The fraction of sp³-hybridized carbons (Fsp3) is 0.353. The van der Waals surface area contributed by atoms with Gasteiger partial charge in [0.1, 0.15) is 0 Å². The van der Waals surface area contributed by atoms with Gasteiger partial charge < -0.3 is 5.11 Å². The molecule has 0 fully saturated rings. The maximum absolute atomic E-state index is 10.7. The van der Waals surface area contributed by atoms with E-state index >= 15 is 0 Å². The standard InChI is InChI=1S/C17H19NO/c1-2-12-10-16(13-6-5-9-18-11-13)17(19)15-8-4-3-7-14(12)15/h3-9,11-12,16-17,19H,2,10H2,1H3. The van der Waals surface area contributed by atoms with Crippen molar-refractivity contribution in [2.45, 2.75) is 37.7 Å². The third kappa shape index (κ3) is 2.17. The number of hydrogen-bond acceptors (Lipinski definition) is 2. The Morgan fingerprint density at radius 2 is 1.95 bits per heavy atom. The third-order valence-electron chi connectivity index (χ3n) is 4.28. The van der Waals surface area contributed by atoms with Gasteiger partial charge in [0.2, 0.25) is 0 Å². The number of pyridine rings is 1. The van der Waals surface area contributed by atoms with Crippen LogP contribution in [0.4, 0.5) is 0 Å². The van der Waals surface area contributed by atoms with Gasteiger partial charge in [0, 0.05) is 18.3 Å². The van der Waals surface area contributed by atoms with Gasteiger partial charge in [-0.3, -0.25) is 4.98 Å². The highest BCUT2D eigenvalue weighted by molar-refractivity contribution is 5.38. The summed E-state index contributed by atoms with van der Waals surface area (Å²) in [5.41, 5.74) is 3.55. The van der Waals surface area contributed by atoms with Gasteiger partial charge >= 0.3 is 0 Å². The molecule has 0 saturated carbocycles. The van der Waals surface area contributed by atoms with Gasteiger partial charge in [-0.15, -0.1) is 0 Å². The van der Waals surface area contributed by atoms with Crippen LogP contribution in [0.3, 0.4) is 0 Å². The number of aromatic nitrogens is 1. The summed E-state index contributed by atoms with van der Waals surface area (Å²) in [7, 11) is 0. The Morgan fingerprint density at radius 1 is 1.16 bits per heavy atom. The molecular formula is C17H19NO. The predicted octanol–water partition coefficient (Wildman–Crippen LogP) is 3.80. The van der Waals surface area contributed by atoms with E-state index in [-0.39, 0.29) is 5.92 Å². The summed E-state index contributed by atoms with van der Waals surface area (Å²) in [5.74, 6) is 0.693. The average molecular weight is 253 g/mol. The highest BCUT2D eigenvalue weighted by Gasteiger charge is 2.33. The summed E-state index contributed by atoms with van der Waals surface area (Å²) in [6.45, 7) is 2.22. The van der Waals surface area contributed by atoms with Crippen LogP contribution in [-0.2, 0) is 0 Å². The first kappa shape index (κ1) is 12.4. The molecule has 1 aliphatic carbocycles. The van der Waals surface area contributed by atoms with Crippen molar-refractivity contribution in [2.75, 3.05) is 0 Å². The van der Waals surface area contributed by atoms with E-state index in [2.05, 4.69) is 36.2 Å². The number of benzene rings is 1. The van der Waals surface area contributed by atoms with E-state index in [0.29, 0.717) is 5.92 Å². The molecule has 2 aromatic rings. The Bertz CT molecular complexity index is 552. The summed E-state index contributed by atoms with van der Waals surface area (Å²) in [6, 6.07) is 12.3. The molecule has 1 N–H and O–H groups in total. The average Bonchev–Trinajstić information content (AvgIpc) is 2.49. The molecule has 1 aromatic heterocycles. The van der Waals surface area contributed by atoms with E-state index in [1.54, 1.807) is 6.20 Å². The zero-order valence-electron chi connectivity index (χ0n) is 11.2. The summed E-state index contributed by atoms with van der Waals surface area (Å²) in [6.07, 6.45) is 5.36. The smallest absolute Gasteiger partial charge is 0.0862 e. The van der Waals surface area contributed by atoms with Crippen molar-refractivity contribution in [1.29, 1.82) is 0 Å². The van der Waals surface area contributed by atoms with Crippen molar-refractivity contribution < 1.29 is 5.11 Å². The second kappa shape index (κ2) is 5.14. The first-order valence-corrected chi connectivity index (χ1v) is 6.98. The van der Waals surface area contributed by atoms with Gasteiger partial charge in [0.05, 0.1) is 6.10 Å². The highest BCUT2D eigenvalue weighted by Crippen LogP contribution is 2.46. The predicted molar refractivity (Wildman–Crippen MR) is 76.0 cm³/mol. The van der Waals surface area contributed by atoms with Crippen molar-refractivity contribution in [3.63, 3.8) is 0 Å². The third-order valence-corrected chi connectivity index (χ3v) is 4.28. The first-order valence-electron chi connectivity index (χ1n) is 6.98. The van der Waals surface area contributed by atoms with Gasteiger partial charge in [-0.25, -0.2) is 0 Å². The number of aliphatic hydroxyl groups is 1. The van der Waals surface area contributed by atoms with Crippen LogP contribution >= 0.6 is 0 Å². The van der Waals surface area contributed by atoms with Crippen molar-refractivity contribution in [1.82, 2.24) is 4.98 Å². The number of rotatable bonds is 2. The molecule has 0 bridgehead atoms. The fourth-order valence-electron chi connectivity index (χ4n) is 3.23. The second-order valence-corrected chi connectivity index (χ2v) is 5.31. The number of hydrogen-bond donors (Lipinski definition) is 1. The van der Waals surface area contributed by atoms with E-state index in [0.717, 1.165) is 24.0 Å². The lowest BCUT2D eigenvalue weighted by Crippen LogP contribution is -2.22. The molecule has 2 nitrogen and oxygen atoms in total. The van der Waals surface area contributed by atoms with E-state index in [1.807, 2.05) is 18.3 Å². The van der Waals surface area contributed by atoms with E-state index in [9.17, 15) is 5.11 Å². The van der Waals surface area contributed by atoms with Crippen LogP contribution in [0.25, 0.3) is 0 Å². The normalized spacial score (nSPS) is 25.9. The van der Waals surface area contributed by atoms with Crippen molar-refractivity contribution in [3.8, 4) is 0 Å². The van der Waals surface area contributed by atoms with Crippen molar-refractivity contribution >= 4 is 0 Å². The summed E-state index contributed by atoms with van der Waals surface area (Å²) >= 11 is 0. The maximum Gasteiger partial charge on any atom is 0.0862 e. The van der Waals surface area contributed by atoms with Crippen LogP contribution in [0.1, 0.15) is 54.4 Å². The molecule has 98 valence electrons. The monoisotopic (exact) mass is 253 g/mol. The molecular weight excluding hydrogens is 234 g/mol. The molecule has 2 heteroatoms. The Labute approximate surface area is 114 Å². The van der Waals surface area contributed by atoms with Crippen LogP contribution in [0, 0.1) is 0 Å². The number of fused-ring (bicyclic) bond motifs is 1. The molecule has 1 heterocycles. The van der Waals surface area contributed by atoms with Gasteiger partial charge in [-0.05, 0) is 41.5 Å². The van der Waals surface area contributed by atoms with Crippen LogP contribution < -0.4 is 0 Å². The lowest BCUT2D eigenvalue weighted by Gasteiger charge is -2.35. The largest absolute Gasteiger partial charge is 0.388 e. The topological polar surface area (TPSA) is 33.1 Å². The Kier molecular flexibility index (Phi) is 3.34. The van der Waals surface area contributed by atoms with Crippen molar-refractivity contribution in [2.24, 2.45) is 0 Å². The molecule has 0 spiro atoms. The molecule has 1 aromatic carbocycles. The van der Waals surface area contributed by atoms with Crippen LogP contribution in [0.2, 0.25) is 0 Å². The first-order chi connectivity index (χ1) is 9.31. The quantitative estimate of drug-likeness (QED) is 0.883. The Hall–Kier alpha value is -1.67. The van der Waals surface area contributed by atoms with Gasteiger partial charge in [-0.1, -0.05) is 37.3 Å². The fourth-order valence-corrected chi connectivity index (χ4v) is 3.23. The minimum Gasteiger partial charge on any atom is -0.388 e. The molecule has 1 aliphatic rings. The minimum absolute atomic E-state index is 0.161. The molecule has 3 rings (SSSR count). The molecule has 3 unspecified atom stereocenters. The summed E-state index contributed by atoms with van der Waals surface area (Å²) < 4.78 is 0. The molecule has 0 radical (unpaired) electrons. The molecule has 19 heavy (non-hydrogen) atoms. The molecule has 0 amide bonds. The lowest BCUT2D eigenvalue weighted by atomic mass is 9.72. The highest BCUT2D eigenvalue weighted by atomic mass is 16.3. The van der Waals surface area contributed by atoms with E-state index in [1.165, 1.54) is 5.56 Å². The van der Waals surface area contributed by atoms with Gasteiger partial charge in [-0.2, -0.15) is 0 Å². The van der Waals surface area contributed by atoms with Crippen LogP contribution in [0.5, 0.6) is 0 Å². The van der Waals surface area contributed by atoms with E-state index < -0.39 is 6.10 Å². The van der Waals surface area contributed by atoms with Gasteiger partial charge in [0.25, 0.3) is 0 Å². The van der Waals surface area contributed by atoms with Crippen molar-refractivity contribution in [3.05, 3.63) is 65.5 Å². The number of nitrogens with zero attached hydrogens (tertiary/aromatic N) is 1. The van der Waals surface area contributed by atoms with Gasteiger partial charge in [0.15, 0.2) is 0 Å². The second-order valence-electron chi connectivity index (χ2n) is 5.31. The summed E-state index contributed by atoms with van der Waals surface area (Å²) in [5, 5.41) is 10.7. The zero-order valence-corrected chi connectivity index (χ0v) is 11.2. The lowest BCUT2D eigenvalue weighted by molar-refractivity contribution is 0.124. The zero-order chi connectivity index (χ0) is 13.2. The van der Waals surface area contributed by atoms with E-state index in [4.69, 9.17) is 0 Å². The van der Waals surface area contributed by atoms with Crippen LogP contribution in [-0.4, -0.2) is 10.1 Å². The maximum atomic E-state index is 10.7. The molecule has 0 saturated heterocycles. The van der Waals surface area contributed by atoms with Crippen LogP contribution in [0.15, 0.2) is 48.8 Å². The summed E-state index contributed by atoms with van der Waals surface area (Å²) in [4.78, 5) is 4.19.